The topological polar surface area (TPSA) is 86.8 Å². The number of anilines is 1. The zero-order valence-corrected chi connectivity index (χ0v) is 27.6. The molecule has 7 nitrogen and oxygen atoms in total. The second-order valence-electron chi connectivity index (χ2n) is 11.6. The van der Waals surface area contributed by atoms with Gasteiger partial charge in [0.2, 0.25) is 11.8 Å². The van der Waals surface area contributed by atoms with Gasteiger partial charge in [-0.1, -0.05) is 97.4 Å². The van der Waals surface area contributed by atoms with E-state index in [1.165, 1.54) is 21.3 Å². The molecule has 0 fully saturated rings. The van der Waals surface area contributed by atoms with Crippen molar-refractivity contribution in [3.05, 3.63) is 131 Å². The SMILES string of the molecule is CC[C@@H](C)NC(=O)[C@H](Cc1ccccc1)N(Cc1ccc(C)cc1)C(=O)CN(c1cc(C)ccc1C)S(=O)(=O)c1ccccc1. The van der Waals surface area contributed by atoms with Crippen LogP contribution in [0.15, 0.2) is 108 Å². The van der Waals surface area contributed by atoms with Crippen molar-refractivity contribution in [2.24, 2.45) is 0 Å². The van der Waals surface area contributed by atoms with Gasteiger partial charge in [0.1, 0.15) is 12.6 Å². The quantitative estimate of drug-likeness (QED) is 0.187. The first-order chi connectivity index (χ1) is 21.5. The number of rotatable bonds is 13. The highest BCUT2D eigenvalue weighted by molar-refractivity contribution is 7.92. The molecule has 0 heterocycles. The standard InChI is InChI=1S/C37H43N3O4S/c1-6-30(5)38-37(42)35(24-31-13-9-7-10-14-31)39(25-32-21-18-27(2)19-22-32)36(41)26-40(34-23-28(3)17-20-29(34)4)45(43,44)33-15-11-8-12-16-33/h7-23,30,35H,6,24-26H2,1-5H3,(H,38,42)/t30-,35+/m1/s1. The van der Waals surface area contributed by atoms with Crippen LogP contribution in [0.3, 0.4) is 0 Å². The van der Waals surface area contributed by atoms with Gasteiger partial charge in [0.25, 0.3) is 10.0 Å². The minimum atomic E-state index is -4.14. The third-order valence-electron chi connectivity index (χ3n) is 7.99. The zero-order valence-electron chi connectivity index (χ0n) is 26.7. The smallest absolute Gasteiger partial charge is 0.264 e. The lowest BCUT2D eigenvalue weighted by molar-refractivity contribution is -0.140. The molecule has 0 aromatic heterocycles. The van der Waals surface area contributed by atoms with Gasteiger partial charge in [-0.3, -0.25) is 13.9 Å². The molecule has 0 aliphatic heterocycles. The first-order valence-electron chi connectivity index (χ1n) is 15.3. The molecule has 0 unspecified atom stereocenters. The summed E-state index contributed by atoms with van der Waals surface area (Å²) in [6.07, 6.45) is 1.00. The lowest BCUT2D eigenvalue weighted by Gasteiger charge is -2.34. The van der Waals surface area contributed by atoms with Crippen LogP contribution in [-0.2, 0) is 32.6 Å². The molecule has 0 bridgehead atoms. The van der Waals surface area contributed by atoms with Crippen LogP contribution in [0.25, 0.3) is 0 Å². The maximum absolute atomic E-state index is 14.6. The number of nitrogens with zero attached hydrogens (tertiary/aromatic N) is 2. The Bertz CT molecular complexity index is 1690. The average Bonchev–Trinajstić information content (AvgIpc) is 3.04. The van der Waals surface area contributed by atoms with Crippen molar-refractivity contribution in [1.29, 1.82) is 0 Å². The number of nitrogens with one attached hydrogen (secondary N) is 1. The van der Waals surface area contributed by atoms with Gasteiger partial charge in [-0.05, 0) is 74.6 Å². The van der Waals surface area contributed by atoms with Crippen LogP contribution in [0.2, 0.25) is 0 Å². The summed E-state index contributed by atoms with van der Waals surface area (Å²) < 4.78 is 29.6. The van der Waals surface area contributed by atoms with E-state index < -0.39 is 28.5 Å². The molecular formula is C37H43N3O4S. The van der Waals surface area contributed by atoms with Crippen LogP contribution < -0.4 is 9.62 Å². The Morgan fingerprint density at radius 1 is 0.778 bits per heavy atom. The van der Waals surface area contributed by atoms with Crippen LogP contribution in [-0.4, -0.2) is 43.8 Å². The molecule has 0 saturated carbocycles. The molecule has 0 radical (unpaired) electrons. The number of benzene rings is 4. The highest BCUT2D eigenvalue weighted by Gasteiger charge is 2.35. The Labute approximate surface area is 268 Å². The van der Waals surface area contributed by atoms with Crippen molar-refractivity contribution in [2.45, 2.75) is 71.0 Å². The Morgan fingerprint density at radius 2 is 1.38 bits per heavy atom. The van der Waals surface area contributed by atoms with Crippen molar-refractivity contribution in [3.63, 3.8) is 0 Å². The number of carbonyl (C=O) groups is 2. The van der Waals surface area contributed by atoms with E-state index in [4.69, 9.17) is 0 Å². The summed E-state index contributed by atoms with van der Waals surface area (Å²) in [4.78, 5) is 30.2. The predicted molar refractivity (Wildman–Crippen MR) is 180 cm³/mol. The molecule has 8 heteroatoms. The van der Waals surface area contributed by atoms with Gasteiger partial charge >= 0.3 is 0 Å². The fourth-order valence-electron chi connectivity index (χ4n) is 5.11. The van der Waals surface area contributed by atoms with Gasteiger partial charge in [0, 0.05) is 19.0 Å². The molecule has 0 spiro atoms. The number of sulfonamides is 1. The highest BCUT2D eigenvalue weighted by Crippen LogP contribution is 2.29. The van der Waals surface area contributed by atoms with Crippen molar-refractivity contribution < 1.29 is 18.0 Å². The Morgan fingerprint density at radius 3 is 2.00 bits per heavy atom. The van der Waals surface area contributed by atoms with Gasteiger partial charge in [-0.15, -0.1) is 0 Å². The summed E-state index contributed by atoms with van der Waals surface area (Å²) in [6.45, 7) is 9.28. The van der Waals surface area contributed by atoms with E-state index >= 15 is 0 Å². The van der Waals surface area contributed by atoms with Gasteiger partial charge in [-0.2, -0.15) is 0 Å². The molecule has 1 N–H and O–H groups in total. The number of hydrogen-bond donors (Lipinski definition) is 1. The normalized spacial score (nSPS) is 12.6. The lowest BCUT2D eigenvalue weighted by atomic mass is 10.0. The largest absolute Gasteiger partial charge is 0.352 e. The summed E-state index contributed by atoms with van der Waals surface area (Å²) in [7, 11) is -4.14. The van der Waals surface area contributed by atoms with Crippen LogP contribution in [0.1, 0.15) is 48.1 Å². The summed E-state index contributed by atoms with van der Waals surface area (Å²) in [5, 5.41) is 3.07. The fourth-order valence-corrected chi connectivity index (χ4v) is 6.60. The number of hydrogen-bond acceptors (Lipinski definition) is 4. The van der Waals surface area contributed by atoms with Crippen molar-refractivity contribution in [3.8, 4) is 0 Å². The third-order valence-corrected chi connectivity index (χ3v) is 9.76. The summed E-state index contributed by atoms with van der Waals surface area (Å²) in [6, 6.07) is 30.1. The van der Waals surface area contributed by atoms with Crippen LogP contribution in [0.5, 0.6) is 0 Å². The van der Waals surface area contributed by atoms with E-state index in [2.05, 4.69) is 5.32 Å². The molecule has 4 rings (SSSR count). The van der Waals surface area contributed by atoms with E-state index in [-0.39, 0.29) is 29.8 Å². The molecule has 0 aliphatic rings. The Balaban J connectivity index is 1.83. The van der Waals surface area contributed by atoms with Crippen LogP contribution in [0, 0.1) is 20.8 Å². The van der Waals surface area contributed by atoms with E-state index in [1.807, 2.05) is 101 Å². The predicted octanol–water partition coefficient (Wildman–Crippen LogP) is 6.36. The molecule has 2 atom stereocenters. The maximum atomic E-state index is 14.6. The van der Waals surface area contributed by atoms with Crippen molar-refractivity contribution in [2.75, 3.05) is 10.8 Å². The van der Waals surface area contributed by atoms with Gasteiger partial charge in [-0.25, -0.2) is 8.42 Å². The fraction of sp³-hybridized carbons (Fsp3) is 0.297. The van der Waals surface area contributed by atoms with Gasteiger partial charge < -0.3 is 10.2 Å². The Kier molecular flexibility index (Phi) is 11.2. The monoisotopic (exact) mass is 625 g/mol. The zero-order chi connectivity index (χ0) is 32.6. The summed E-state index contributed by atoms with van der Waals surface area (Å²) in [5.74, 6) is -0.755. The molecule has 236 valence electrons. The number of aryl methyl sites for hydroxylation is 3. The third kappa shape index (κ3) is 8.60. The molecule has 0 aliphatic carbocycles. The first-order valence-corrected chi connectivity index (χ1v) is 16.8. The van der Waals surface area contributed by atoms with Crippen molar-refractivity contribution in [1.82, 2.24) is 10.2 Å². The maximum Gasteiger partial charge on any atom is 0.264 e. The van der Waals surface area contributed by atoms with E-state index in [9.17, 15) is 18.0 Å². The molecular weight excluding hydrogens is 582 g/mol. The first kappa shape index (κ1) is 33.5. The van der Waals surface area contributed by atoms with E-state index in [0.717, 1.165) is 28.7 Å². The molecule has 2 amide bonds. The van der Waals surface area contributed by atoms with E-state index in [1.54, 1.807) is 24.3 Å². The second-order valence-corrected chi connectivity index (χ2v) is 13.5. The van der Waals surface area contributed by atoms with E-state index in [0.29, 0.717) is 11.3 Å². The second kappa shape index (κ2) is 15.0. The van der Waals surface area contributed by atoms with Crippen LogP contribution in [0.4, 0.5) is 5.69 Å². The molecule has 4 aromatic rings. The number of carbonyl (C=O) groups excluding carboxylic acids is 2. The minimum absolute atomic E-state index is 0.0825. The molecule has 45 heavy (non-hydrogen) atoms. The molecule has 0 saturated heterocycles. The molecule has 4 aromatic carbocycles. The highest BCUT2D eigenvalue weighted by atomic mass is 32.2. The van der Waals surface area contributed by atoms with Gasteiger partial charge in [0.05, 0.1) is 10.6 Å². The summed E-state index contributed by atoms with van der Waals surface area (Å²) in [5.41, 5.74) is 4.81. The van der Waals surface area contributed by atoms with Crippen molar-refractivity contribution >= 4 is 27.5 Å². The minimum Gasteiger partial charge on any atom is -0.352 e. The Hall–Kier alpha value is -4.43. The van der Waals surface area contributed by atoms with Crippen LogP contribution >= 0.6 is 0 Å². The average molecular weight is 626 g/mol. The summed E-state index contributed by atoms with van der Waals surface area (Å²) >= 11 is 0. The number of amides is 2. The lowest BCUT2D eigenvalue weighted by Crippen LogP contribution is -2.54. The van der Waals surface area contributed by atoms with Gasteiger partial charge in [0.15, 0.2) is 0 Å².